The van der Waals surface area contributed by atoms with Crippen LogP contribution in [0.15, 0.2) is 24.3 Å². The van der Waals surface area contributed by atoms with E-state index in [1.807, 2.05) is 20.8 Å². The molecule has 1 saturated heterocycles. The number of amides is 1. The molecule has 1 aliphatic carbocycles. The van der Waals surface area contributed by atoms with Crippen LogP contribution >= 0.6 is 0 Å². The summed E-state index contributed by atoms with van der Waals surface area (Å²) in [6, 6.07) is 5.96. The third-order valence-corrected chi connectivity index (χ3v) is 5.98. The number of hydrogen-bond donors (Lipinski definition) is 1. The summed E-state index contributed by atoms with van der Waals surface area (Å²) in [5, 5.41) is 2.99. The molecule has 1 aromatic carbocycles. The molecule has 1 N–H and O–H groups in total. The van der Waals surface area contributed by atoms with Crippen LogP contribution in [0.2, 0.25) is 0 Å². The Kier molecular flexibility index (Phi) is 7.37. The maximum atomic E-state index is 13.2. The van der Waals surface area contributed by atoms with E-state index in [0.29, 0.717) is 18.8 Å². The van der Waals surface area contributed by atoms with E-state index in [-0.39, 0.29) is 29.9 Å². The predicted molar refractivity (Wildman–Crippen MR) is 112 cm³/mol. The highest BCUT2D eigenvalue weighted by atomic mass is 19.1. The lowest BCUT2D eigenvalue weighted by Crippen LogP contribution is -2.46. The lowest BCUT2D eigenvalue weighted by Gasteiger charge is -2.30. The molecule has 1 heterocycles. The van der Waals surface area contributed by atoms with Crippen LogP contribution in [0, 0.1) is 17.7 Å². The lowest BCUT2D eigenvalue weighted by molar-refractivity contribution is -0.145. The van der Waals surface area contributed by atoms with Crippen molar-refractivity contribution in [3.8, 4) is 0 Å². The molecule has 1 saturated carbocycles. The molecule has 2 fully saturated rings. The number of alkyl carbamates (subject to hydrolysis) is 1. The molecule has 3 rings (SSSR count). The van der Waals surface area contributed by atoms with E-state index < -0.39 is 11.7 Å². The van der Waals surface area contributed by atoms with E-state index in [1.54, 1.807) is 12.1 Å². The highest BCUT2D eigenvalue weighted by molar-refractivity contribution is 5.75. The molecule has 6 heteroatoms. The molecule has 0 aromatic heterocycles. The van der Waals surface area contributed by atoms with Crippen molar-refractivity contribution in [1.82, 2.24) is 5.32 Å². The Balaban J connectivity index is 1.65. The van der Waals surface area contributed by atoms with Gasteiger partial charge < -0.3 is 14.8 Å². The monoisotopic (exact) mass is 419 g/mol. The molecule has 5 nitrogen and oxygen atoms in total. The minimum Gasteiger partial charge on any atom is -0.460 e. The van der Waals surface area contributed by atoms with Crippen LogP contribution in [0.1, 0.15) is 71.3 Å². The van der Waals surface area contributed by atoms with Crippen molar-refractivity contribution in [3.63, 3.8) is 0 Å². The number of nitrogens with one attached hydrogen (secondary N) is 1. The van der Waals surface area contributed by atoms with Gasteiger partial charge in [-0.25, -0.2) is 9.18 Å². The first-order valence-electron chi connectivity index (χ1n) is 11.1. The van der Waals surface area contributed by atoms with Crippen LogP contribution in [-0.4, -0.2) is 29.8 Å². The highest BCUT2D eigenvalue weighted by Gasteiger charge is 2.40. The molecule has 166 valence electrons. The zero-order chi connectivity index (χ0) is 21.7. The second-order valence-corrected chi connectivity index (χ2v) is 9.73. The summed E-state index contributed by atoms with van der Waals surface area (Å²) in [6.45, 7) is 5.49. The molecule has 30 heavy (non-hydrogen) atoms. The first-order chi connectivity index (χ1) is 14.2. The molecule has 1 aromatic rings. The maximum absolute atomic E-state index is 13.2. The van der Waals surface area contributed by atoms with Crippen molar-refractivity contribution >= 4 is 12.1 Å². The van der Waals surface area contributed by atoms with Crippen LogP contribution in [0.4, 0.5) is 9.18 Å². The Morgan fingerprint density at radius 1 is 1.20 bits per heavy atom. The summed E-state index contributed by atoms with van der Waals surface area (Å²) in [5.41, 5.74) is 0.319. The van der Waals surface area contributed by atoms with Gasteiger partial charge in [-0.2, -0.15) is 0 Å². The van der Waals surface area contributed by atoms with Crippen LogP contribution < -0.4 is 5.32 Å². The third kappa shape index (κ3) is 6.71. The lowest BCUT2D eigenvalue weighted by atomic mass is 9.82. The van der Waals surface area contributed by atoms with Gasteiger partial charge >= 0.3 is 12.1 Å². The van der Waals surface area contributed by atoms with Gasteiger partial charge in [-0.05, 0) is 63.6 Å². The Morgan fingerprint density at radius 2 is 1.87 bits per heavy atom. The average molecular weight is 420 g/mol. The van der Waals surface area contributed by atoms with Crippen LogP contribution in [-0.2, 0) is 20.7 Å². The number of esters is 1. The summed E-state index contributed by atoms with van der Waals surface area (Å²) < 4.78 is 24.3. The second kappa shape index (κ2) is 9.80. The number of hydrogen-bond acceptors (Lipinski definition) is 4. The summed E-state index contributed by atoms with van der Waals surface area (Å²) in [7, 11) is 0. The molecule has 0 bridgehead atoms. The third-order valence-electron chi connectivity index (χ3n) is 5.98. The summed E-state index contributed by atoms with van der Waals surface area (Å²) >= 11 is 0. The molecule has 2 aliphatic rings. The van der Waals surface area contributed by atoms with E-state index in [4.69, 9.17) is 9.47 Å². The van der Waals surface area contributed by atoms with Crippen molar-refractivity contribution in [2.45, 2.75) is 89.9 Å². The predicted octanol–water partition coefficient (Wildman–Crippen LogP) is 5.16. The highest BCUT2D eigenvalue weighted by Crippen LogP contribution is 2.33. The minimum absolute atomic E-state index is 0.246. The number of ether oxygens (including phenoxy) is 2. The maximum Gasteiger partial charge on any atom is 0.408 e. The van der Waals surface area contributed by atoms with Crippen molar-refractivity contribution in [2.75, 3.05) is 0 Å². The first kappa shape index (κ1) is 22.6. The van der Waals surface area contributed by atoms with Crippen molar-refractivity contribution in [1.29, 1.82) is 0 Å². The largest absolute Gasteiger partial charge is 0.460 e. The Labute approximate surface area is 178 Å². The Hall–Kier alpha value is -2.11. The van der Waals surface area contributed by atoms with E-state index in [9.17, 15) is 14.0 Å². The molecule has 3 atom stereocenters. The summed E-state index contributed by atoms with van der Waals surface area (Å²) in [4.78, 5) is 25.0. The standard InChI is InChI=1S/C24H34FNO4/c1-24(2,3)30-23(28)26-20(14-16-7-5-4-6-8-16)21-15-18(22(27)29-21)13-17-9-11-19(25)12-10-17/h9-12,16,18,20-21H,4-8,13-15H2,1-3H3,(H,26,28)/t18-,20-,21-/m0/s1. The first-order valence-corrected chi connectivity index (χ1v) is 11.1. The second-order valence-electron chi connectivity index (χ2n) is 9.73. The van der Waals surface area contributed by atoms with Gasteiger partial charge in [-0.15, -0.1) is 0 Å². The fourth-order valence-electron chi connectivity index (χ4n) is 4.53. The molecular formula is C24H34FNO4. The molecule has 0 spiro atoms. The number of carbonyl (C=O) groups excluding carboxylic acids is 2. The molecule has 1 amide bonds. The van der Waals surface area contributed by atoms with Gasteiger partial charge in [-0.1, -0.05) is 44.2 Å². The van der Waals surface area contributed by atoms with Gasteiger partial charge in [-0.3, -0.25) is 4.79 Å². The van der Waals surface area contributed by atoms with Gasteiger partial charge in [0.05, 0.1) is 12.0 Å². The van der Waals surface area contributed by atoms with E-state index in [0.717, 1.165) is 24.8 Å². The number of benzene rings is 1. The van der Waals surface area contributed by atoms with Gasteiger partial charge in [0, 0.05) is 0 Å². The van der Waals surface area contributed by atoms with E-state index >= 15 is 0 Å². The van der Waals surface area contributed by atoms with Crippen molar-refractivity contribution in [3.05, 3.63) is 35.6 Å². The number of rotatable bonds is 6. The fourth-order valence-corrected chi connectivity index (χ4v) is 4.53. The average Bonchev–Trinajstić information content (AvgIpc) is 3.03. The van der Waals surface area contributed by atoms with Crippen LogP contribution in [0.3, 0.4) is 0 Å². The van der Waals surface area contributed by atoms with Crippen molar-refractivity contribution in [2.24, 2.45) is 11.8 Å². The molecular weight excluding hydrogens is 385 g/mol. The van der Waals surface area contributed by atoms with Gasteiger partial charge in [0.15, 0.2) is 0 Å². The smallest absolute Gasteiger partial charge is 0.408 e. The molecule has 1 aliphatic heterocycles. The molecule has 0 unspecified atom stereocenters. The normalized spacial score (nSPS) is 23.7. The fraction of sp³-hybridized carbons (Fsp3) is 0.667. The zero-order valence-electron chi connectivity index (χ0n) is 18.3. The van der Waals surface area contributed by atoms with E-state index in [1.165, 1.54) is 31.4 Å². The van der Waals surface area contributed by atoms with Crippen LogP contribution in [0.25, 0.3) is 0 Å². The van der Waals surface area contributed by atoms with Gasteiger partial charge in [0.25, 0.3) is 0 Å². The Bertz CT molecular complexity index is 722. The zero-order valence-corrected chi connectivity index (χ0v) is 18.3. The SMILES string of the molecule is CC(C)(C)OC(=O)N[C@@H](CC1CCCCC1)[C@@H]1C[C@H](Cc2ccc(F)cc2)C(=O)O1. The molecule has 0 radical (unpaired) electrons. The Morgan fingerprint density at radius 3 is 2.50 bits per heavy atom. The summed E-state index contributed by atoms with van der Waals surface area (Å²) in [6.07, 6.45) is 6.99. The van der Waals surface area contributed by atoms with Crippen LogP contribution in [0.5, 0.6) is 0 Å². The van der Waals surface area contributed by atoms with Gasteiger partial charge in [0.2, 0.25) is 0 Å². The number of cyclic esters (lactones) is 1. The quantitative estimate of drug-likeness (QED) is 0.647. The van der Waals surface area contributed by atoms with Crippen molar-refractivity contribution < 1.29 is 23.5 Å². The number of halogens is 1. The topological polar surface area (TPSA) is 64.6 Å². The van der Waals surface area contributed by atoms with Gasteiger partial charge in [0.1, 0.15) is 17.5 Å². The minimum atomic E-state index is -0.586. The summed E-state index contributed by atoms with van der Waals surface area (Å²) in [5.74, 6) is -0.299. The number of carbonyl (C=O) groups is 2. The van der Waals surface area contributed by atoms with E-state index in [2.05, 4.69) is 5.32 Å².